The summed E-state index contributed by atoms with van der Waals surface area (Å²) < 4.78 is 5.20. The molecule has 1 radical (unpaired) electrons. The van der Waals surface area contributed by atoms with E-state index in [-0.39, 0.29) is 0 Å². The molecule has 17 heavy (non-hydrogen) atoms. The fourth-order valence-electron chi connectivity index (χ4n) is 1.82. The second-order valence-electron chi connectivity index (χ2n) is 4.26. The molecule has 0 saturated carbocycles. The molecular weight excluding hydrogens is 232 g/mol. The first kappa shape index (κ1) is 14.5. The van der Waals surface area contributed by atoms with E-state index in [1.807, 2.05) is 12.1 Å². The van der Waals surface area contributed by atoms with Crippen LogP contribution in [-0.4, -0.2) is 13.2 Å². The maximum Gasteiger partial charge on any atom is 0.0466 e. The van der Waals surface area contributed by atoms with Gasteiger partial charge < -0.3 is 4.74 Å². The predicted molar refractivity (Wildman–Crippen MR) is 74.4 cm³/mol. The lowest BCUT2D eigenvalue weighted by atomic mass is 10.1. The van der Waals surface area contributed by atoms with E-state index in [0.29, 0.717) is 6.61 Å². The molecule has 0 heterocycles. The number of ether oxygens (including phenoxy) is 1. The first-order valence-corrected chi connectivity index (χ1v) is 6.82. The molecule has 0 spiro atoms. The first-order chi connectivity index (χ1) is 8.33. The van der Waals surface area contributed by atoms with E-state index in [1.165, 1.54) is 31.2 Å². The van der Waals surface area contributed by atoms with Crippen LogP contribution in [0.5, 0.6) is 0 Å². The molecule has 0 fully saturated rings. The molecular formula is C15H22ClO. The van der Waals surface area contributed by atoms with Gasteiger partial charge in [-0.15, -0.1) is 0 Å². The van der Waals surface area contributed by atoms with Crippen molar-refractivity contribution in [3.63, 3.8) is 0 Å². The number of hydrogen-bond donors (Lipinski definition) is 0. The average molecular weight is 254 g/mol. The SMILES string of the molecule is [CH2]COCCCCCCCc1ccc(Cl)cc1. The summed E-state index contributed by atoms with van der Waals surface area (Å²) in [5, 5.41) is 0.819. The van der Waals surface area contributed by atoms with Gasteiger partial charge in [-0.25, -0.2) is 0 Å². The number of unbranched alkanes of at least 4 members (excludes halogenated alkanes) is 4. The summed E-state index contributed by atoms with van der Waals surface area (Å²) in [6.45, 7) is 5.10. The van der Waals surface area contributed by atoms with Gasteiger partial charge in [0.1, 0.15) is 0 Å². The van der Waals surface area contributed by atoms with Crippen LogP contribution in [0.25, 0.3) is 0 Å². The topological polar surface area (TPSA) is 9.23 Å². The third kappa shape index (κ3) is 7.40. The van der Waals surface area contributed by atoms with Crippen LogP contribution in [0.1, 0.15) is 37.7 Å². The maximum absolute atomic E-state index is 5.84. The molecule has 0 aliphatic heterocycles. The van der Waals surface area contributed by atoms with Crippen LogP contribution in [0.4, 0.5) is 0 Å². The summed E-state index contributed by atoms with van der Waals surface area (Å²) >= 11 is 5.84. The highest BCUT2D eigenvalue weighted by Crippen LogP contribution is 2.13. The van der Waals surface area contributed by atoms with Crippen molar-refractivity contribution in [1.29, 1.82) is 0 Å². The number of halogens is 1. The molecule has 0 aliphatic carbocycles. The molecule has 0 saturated heterocycles. The normalized spacial score (nSPS) is 10.7. The summed E-state index contributed by atoms with van der Waals surface area (Å²) in [5.74, 6) is 0. The fraction of sp³-hybridized carbons (Fsp3) is 0.533. The van der Waals surface area contributed by atoms with Crippen molar-refractivity contribution >= 4 is 11.6 Å². The highest BCUT2D eigenvalue weighted by molar-refractivity contribution is 6.30. The van der Waals surface area contributed by atoms with Gasteiger partial charge in [-0.1, -0.05) is 43.0 Å². The largest absolute Gasteiger partial charge is 0.381 e. The average Bonchev–Trinajstić information content (AvgIpc) is 2.35. The van der Waals surface area contributed by atoms with E-state index in [4.69, 9.17) is 16.3 Å². The Bertz CT molecular complexity index is 281. The van der Waals surface area contributed by atoms with Crippen LogP contribution in [0, 0.1) is 6.92 Å². The third-order valence-electron chi connectivity index (χ3n) is 2.81. The van der Waals surface area contributed by atoms with Crippen molar-refractivity contribution in [2.75, 3.05) is 13.2 Å². The van der Waals surface area contributed by atoms with Crippen LogP contribution < -0.4 is 0 Å². The van der Waals surface area contributed by atoms with Gasteiger partial charge in [0.05, 0.1) is 0 Å². The molecule has 0 bridgehead atoms. The number of benzene rings is 1. The number of rotatable bonds is 9. The molecule has 1 aromatic carbocycles. The molecule has 0 N–H and O–H groups in total. The van der Waals surface area contributed by atoms with E-state index >= 15 is 0 Å². The van der Waals surface area contributed by atoms with Crippen molar-refractivity contribution in [3.8, 4) is 0 Å². The van der Waals surface area contributed by atoms with Gasteiger partial charge >= 0.3 is 0 Å². The predicted octanol–water partition coefficient (Wildman–Crippen LogP) is 4.68. The van der Waals surface area contributed by atoms with Crippen molar-refractivity contribution in [2.24, 2.45) is 0 Å². The Hall–Kier alpha value is -0.530. The van der Waals surface area contributed by atoms with E-state index in [1.54, 1.807) is 0 Å². The van der Waals surface area contributed by atoms with Crippen molar-refractivity contribution < 1.29 is 4.74 Å². The molecule has 95 valence electrons. The smallest absolute Gasteiger partial charge is 0.0466 e. The standard InChI is InChI=1S/C15H22ClO/c1-2-17-13-7-5-3-4-6-8-14-9-11-15(16)12-10-14/h9-12H,1-8,13H2. The second kappa shape index (κ2) is 9.49. The van der Waals surface area contributed by atoms with Gasteiger partial charge in [0.25, 0.3) is 0 Å². The van der Waals surface area contributed by atoms with Crippen LogP contribution in [0.2, 0.25) is 5.02 Å². The van der Waals surface area contributed by atoms with Gasteiger partial charge in [-0.2, -0.15) is 0 Å². The van der Waals surface area contributed by atoms with E-state index in [2.05, 4.69) is 19.1 Å². The molecule has 0 unspecified atom stereocenters. The minimum Gasteiger partial charge on any atom is -0.381 e. The van der Waals surface area contributed by atoms with Gasteiger partial charge in [0.2, 0.25) is 0 Å². The van der Waals surface area contributed by atoms with Gasteiger partial charge in [-0.3, -0.25) is 0 Å². The van der Waals surface area contributed by atoms with E-state index < -0.39 is 0 Å². The maximum atomic E-state index is 5.84. The molecule has 0 aromatic heterocycles. The zero-order valence-electron chi connectivity index (χ0n) is 10.5. The lowest BCUT2D eigenvalue weighted by Crippen LogP contribution is -1.93. The Kier molecular flexibility index (Phi) is 8.12. The Labute approximate surface area is 110 Å². The Morgan fingerprint density at radius 3 is 2.29 bits per heavy atom. The Balaban J connectivity index is 1.95. The van der Waals surface area contributed by atoms with E-state index in [9.17, 15) is 0 Å². The molecule has 0 amide bonds. The molecule has 2 heteroatoms. The monoisotopic (exact) mass is 253 g/mol. The lowest BCUT2D eigenvalue weighted by Gasteiger charge is -2.03. The van der Waals surface area contributed by atoms with E-state index in [0.717, 1.165) is 24.5 Å². The third-order valence-corrected chi connectivity index (χ3v) is 3.06. The first-order valence-electron chi connectivity index (χ1n) is 6.44. The minimum atomic E-state index is 0.594. The molecule has 1 nitrogen and oxygen atoms in total. The van der Waals surface area contributed by atoms with Crippen molar-refractivity contribution in [3.05, 3.63) is 41.8 Å². The van der Waals surface area contributed by atoms with Crippen LogP contribution in [0.3, 0.4) is 0 Å². The zero-order valence-corrected chi connectivity index (χ0v) is 11.2. The summed E-state index contributed by atoms with van der Waals surface area (Å²) in [4.78, 5) is 0. The van der Waals surface area contributed by atoms with Gasteiger partial charge in [-0.05, 0) is 43.9 Å². The lowest BCUT2D eigenvalue weighted by molar-refractivity contribution is 0.156. The highest BCUT2D eigenvalue weighted by atomic mass is 35.5. The fourth-order valence-corrected chi connectivity index (χ4v) is 1.94. The summed E-state index contributed by atoms with van der Waals surface area (Å²) in [7, 11) is 0. The Morgan fingerprint density at radius 1 is 0.941 bits per heavy atom. The van der Waals surface area contributed by atoms with Crippen LogP contribution >= 0.6 is 11.6 Å². The number of hydrogen-bond acceptors (Lipinski definition) is 1. The quantitative estimate of drug-likeness (QED) is 0.581. The minimum absolute atomic E-state index is 0.594. The zero-order chi connectivity index (χ0) is 12.3. The van der Waals surface area contributed by atoms with Crippen molar-refractivity contribution in [1.82, 2.24) is 0 Å². The molecule has 0 atom stereocenters. The van der Waals surface area contributed by atoms with Crippen molar-refractivity contribution in [2.45, 2.75) is 38.5 Å². The highest BCUT2D eigenvalue weighted by Gasteiger charge is 1.94. The summed E-state index contributed by atoms with van der Waals surface area (Å²) in [6.07, 6.45) is 7.45. The van der Waals surface area contributed by atoms with Gasteiger partial charge in [0.15, 0.2) is 0 Å². The molecule has 1 aromatic rings. The number of aryl methyl sites for hydroxylation is 1. The summed E-state index contributed by atoms with van der Waals surface area (Å²) in [5.41, 5.74) is 1.38. The molecule has 1 rings (SSSR count). The van der Waals surface area contributed by atoms with Gasteiger partial charge in [0, 0.05) is 18.2 Å². The van der Waals surface area contributed by atoms with Crippen LogP contribution in [0.15, 0.2) is 24.3 Å². The molecule has 0 aliphatic rings. The summed E-state index contributed by atoms with van der Waals surface area (Å²) in [6, 6.07) is 8.16. The second-order valence-corrected chi connectivity index (χ2v) is 4.69. The van der Waals surface area contributed by atoms with Crippen LogP contribution in [-0.2, 0) is 11.2 Å². The Morgan fingerprint density at radius 2 is 1.59 bits per heavy atom.